The number of nitrogens with zero attached hydrogens (tertiary/aromatic N) is 1. The minimum atomic E-state index is -4.38. The van der Waals surface area contributed by atoms with Gasteiger partial charge in [0.1, 0.15) is 0 Å². The number of halogens is 3. The highest BCUT2D eigenvalue weighted by molar-refractivity contribution is 5.41. The maximum absolute atomic E-state index is 12.5. The molecule has 0 bridgehead atoms. The number of hydrogen-bond donors (Lipinski definition) is 1. The van der Waals surface area contributed by atoms with Crippen molar-refractivity contribution in [1.82, 2.24) is 4.98 Å². The van der Waals surface area contributed by atoms with Gasteiger partial charge in [-0.05, 0) is 55.2 Å². The van der Waals surface area contributed by atoms with Crippen molar-refractivity contribution >= 4 is 0 Å². The lowest BCUT2D eigenvalue weighted by Crippen LogP contribution is -2.16. The maximum Gasteiger partial charge on any atom is 0.417 e. The van der Waals surface area contributed by atoms with E-state index in [0.29, 0.717) is 5.69 Å². The second-order valence-corrected chi connectivity index (χ2v) is 5.24. The van der Waals surface area contributed by atoms with E-state index < -0.39 is 17.8 Å². The van der Waals surface area contributed by atoms with Gasteiger partial charge in [0.05, 0.1) is 17.3 Å². The van der Waals surface area contributed by atoms with Crippen LogP contribution in [0.5, 0.6) is 0 Å². The molecule has 21 heavy (non-hydrogen) atoms. The van der Waals surface area contributed by atoms with Crippen LogP contribution in [0.4, 0.5) is 13.2 Å². The first-order valence-electron chi connectivity index (χ1n) is 6.56. The number of hydrogen-bond acceptors (Lipinski definition) is 2. The molecule has 0 aliphatic rings. The smallest absolute Gasteiger partial charge is 0.319 e. The summed E-state index contributed by atoms with van der Waals surface area (Å²) in [5, 5.41) is 0. The third-order valence-corrected chi connectivity index (χ3v) is 3.65. The van der Waals surface area contributed by atoms with Crippen molar-refractivity contribution in [2.75, 3.05) is 0 Å². The minimum Gasteiger partial charge on any atom is -0.319 e. The van der Waals surface area contributed by atoms with Crippen molar-refractivity contribution in [2.24, 2.45) is 5.73 Å². The van der Waals surface area contributed by atoms with E-state index in [1.165, 1.54) is 6.07 Å². The maximum atomic E-state index is 12.5. The Morgan fingerprint density at radius 2 is 1.62 bits per heavy atom. The molecule has 2 rings (SSSR count). The summed E-state index contributed by atoms with van der Waals surface area (Å²) in [5.74, 6) is 0. The lowest BCUT2D eigenvalue weighted by atomic mass is 9.94. The molecule has 0 saturated carbocycles. The Labute approximate surface area is 121 Å². The van der Waals surface area contributed by atoms with Crippen molar-refractivity contribution in [3.05, 3.63) is 64.0 Å². The quantitative estimate of drug-likeness (QED) is 0.906. The SMILES string of the molecule is Cc1cc(C)c(C(N)c2ccc(C(F)(F)F)cn2)cc1C. The molecule has 2 nitrogen and oxygen atoms in total. The van der Waals surface area contributed by atoms with Crippen molar-refractivity contribution in [3.63, 3.8) is 0 Å². The summed E-state index contributed by atoms with van der Waals surface area (Å²) in [5.41, 5.74) is 9.95. The molecule has 0 aliphatic heterocycles. The van der Waals surface area contributed by atoms with Gasteiger partial charge >= 0.3 is 6.18 Å². The Balaban J connectivity index is 2.36. The topological polar surface area (TPSA) is 38.9 Å². The molecule has 1 aromatic heterocycles. The van der Waals surface area contributed by atoms with E-state index in [1.54, 1.807) is 0 Å². The Morgan fingerprint density at radius 3 is 2.14 bits per heavy atom. The molecule has 1 unspecified atom stereocenters. The number of aryl methyl sites for hydroxylation is 3. The van der Waals surface area contributed by atoms with Crippen LogP contribution < -0.4 is 5.73 Å². The van der Waals surface area contributed by atoms with E-state index in [2.05, 4.69) is 4.98 Å². The van der Waals surface area contributed by atoms with E-state index in [0.717, 1.165) is 34.5 Å². The van der Waals surface area contributed by atoms with Crippen LogP contribution in [0.3, 0.4) is 0 Å². The lowest BCUT2D eigenvalue weighted by molar-refractivity contribution is -0.137. The molecule has 2 N–H and O–H groups in total. The monoisotopic (exact) mass is 294 g/mol. The van der Waals surface area contributed by atoms with Gasteiger partial charge in [0, 0.05) is 6.20 Å². The van der Waals surface area contributed by atoms with Crippen molar-refractivity contribution in [3.8, 4) is 0 Å². The highest BCUT2D eigenvalue weighted by atomic mass is 19.4. The van der Waals surface area contributed by atoms with Crippen LogP contribution in [0.2, 0.25) is 0 Å². The summed E-state index contributed by atoms with van der Waals surface area (Å²) in [6.07, 6.45) is -3.56. The van der Waals surface area contributed by atoms with Crippen LogP contribution in [-0.2, 0) is 6.18 Å². The molecule has 5 heteroatoms. The van der Waals surface area contributed by atoms with Crippen molar-refractivity contribution in [1.29, 1.82) is 0 Å². The molecule has 1 heterocycles. The van der Waals surface area contributed by atoms with E-state index in [9.17, 15) is 13.2 Å². The Kier molecular flexibility index (Phi) is 4.05. The number of aromatic nitrogens is 1. The molecule has 0 aliphatic carbocycles. The first-order chi connectivity index (χ1) is 9.70. The molecular formula is C16H17F3N2. The third kappa shape index (κ3) is 3.24. The molecule has 0 radical (unpaired) electrons. The zero-order chi connectivity index (χ0) is 15.8. The number of nitrogens with two attached hydrogens (primary N) is 1. The summed E-state index contributed by atoms with van der Waals surface area (Å²) >= 11 is 0. The Morgan fingerprint density at radius 1 is 1.00 bits per heavy atom. The second kappa shape index (κ2) is 5.48. The number of pyridine rings is 1. The zero-order valence-electron chi connectivity index (χ0n) is 12.1. The highest BCUT2D eigenvalue weighted by Crippen LogP contribution is 2.30. The number of benzene rings is 1. The van der Waals surface area contributed by atoms with Gasteiger partial charge in [-0.15, -0.1) is 0 Å². The average molecular weight is 294 g/mol. The van der Waals surface area contributed by atoms with Gasteiger partial charge in [-0.1, -0.05) is 12.1 Å². The summed E-state index contributed by atoms with van der Waals surface area (Å²) < 4.78 is 37.6. The van der Waals surface area contributed by atoms with Crippen LogP contribution in [0, 0.1) is 20.8 Å². The van der Waals surface area contributed by atoms with Crippen molar-refractivity contribution in [2.45, 2.75) is 33.0 Å². The minimum absolute atomic E-state index is 0.425. The first kappa shape index (κ1) is 15.5. The van der Waals surface area contributed by atoms with Gasteiger partial charge in [0.25, 0.3) is 0 Å². The van der Waals surface area contributed by atoms with E-state index in [1.807, 2.05) is 32.9 Å². The van der Waals surface area contributed by atoms with Gasteiger partial charge in [-0.2, -0.15) is 13.2 Å². The van der Waals surface area contributed by atoms with E-state index in [-0.39, 0.29) is 0 Å². The summed E-state index contributed by atoms with van der Waals surface area (Å²) in [6, 6.07) is 5.80. The molecule has 1 aromatic carbocycles. The zero-order valence-corrected chi connectivity index (χ0v) is 12.1. The molecule has 0 fully saturated rings. The molecule has 0 amide bonds. The highest BCUT2D eigenvalue weighted by Gasteiger charge is 2.31. The lowest BCUT2D eigenvalue weighted by Gasteiger charge is -2.17. The van der Waals surface area contributed by atoms with Crippen LogP contribution in [0.1, 0.15) is 39.6 Å². The van der Waals surface area contributed by atoms with Crippen LogP contribution in [0.15, 0.2) is 30.5 Å². The van der Waals surface area contributed by atoms with Crippen molar-refractivity contribution < 1.29 is 13.2 Å². The predicted octanol–water partition coefficient (Wildman–Crippen LogP) is 4.07. The Bertz CT molecular complexity index is 646. The largest absolute Gasteiger partial charge is 0.417 e. The van der Waals surface area contributed by atoms with Gasteiger partial charge in [-0.25, -0.2) is 0 Å². The summed E-state index contributed by atoms with van der Waals surface area (Å²) in [6.45, 7) is 5.92. The predicted molar refractivity (Wildman–Crippen MR) is 75.9 cm³/mol. The summed E-state index contributed by atoms with van der Waals surface area (Å²) in [7, 11) is 0. The average Bonchev–Trinajstić information content (AvgIpc) is 2.41. The molecule has 1 atom stereocenters. The van der Waals surface area contributed by atoms with Crippen LogP contribution in [-0.4, -0.2) is 4.98 Å². The molecule has 0 spiro atoms. The normalized spacial score (nSPS) is 13.3. The fourth-order valence-electron chi connectivity index (χ4n) is 2.23. The fraction of sp³-hybridized carbons (Fsp3) is 0.312. The molecule has 0 saturated heterocycles. The second-order valence-electron chi connectivity index (χ2n) is 5.24. The third-order valence-electron chi connectivity index (χ3n) is 3.65. The van der Waals surface area contributed by atoms with Crippen LogP contribution in [0.25, 0.3) is 0 Å². The van der Waals surface area contributed by atoms with Gasteiger partial charge < -0.3 is 5.73 Å². The molecular weight excluding hydrogens is 277 g/mol. The van der Waals surface area contributed by atoms with E-state index >= 15 is 0 Å². The molecule has 112 valence electrons. The molecule has 2 aromatic rings. The van der Waals surface area contributed by atoms with Crippen LogP contribution >= 0.6 is 0 Å². The van der Waals surface area contributed by atoms with E-state index in [4.69, 9.17) is 5.73 Å². The fourth-order valence-corrected chi connectivity index (χ4v) is 2.23. The number of rotatable bonds is 2. The number of alkyl halides is 3. The van der Waals surface area contributed by atoms with Gasteiger partial charge in [0.15, 0.2) is 0 Å². The summed E-state index contributed by atoms with van der Waals surface area (Å²) in [4.78, 5) is 3.87. The Hall–Kier alpha value is -1.88. The van der Waals surface area contributed by atoms with Gasteiger partial charge in [-0.3, -0.25) is 4.98 Å². The first-order valence-corrected chi connectivity index (χ1v) is 6.56. The standard InChI is InChI=1S/C16H17F3N2/c1-9-6-11(3)13(7-10(9)2)15(20)14-5-4-12(8-21-14)16(17,18)19/h4-8,15H,20H2,1-3H3. The van der Waals surface area contributed by atoms with Gasteiger partial charge in [0.2, 0.25) is 0 Å².